The second-order valence-corrected chi connectivity index (χ2v) is 5.22. The third-order valence-corrected chi connectivity index (χ3v) is 3.99. The first kappa shape index (κ1) is 11.5. The van der Waals surface area contributed by atoms with Gasteiger partial charge in [-0.1, -0.05) is 19.3 Å². The number of carbonyl (C=O) groups is 1. The average Bonchev–Trinajstić information content (AvgIpc) is 2.50. The van der Waals surface area contributed by atoms with Gasteiger partial charge >= 0.3 is 0 Å². The summed E-state index contributed by atoms with van der Waals surface area (Å²) in [6.07, 6.45) is 5.00. The van der Waals surface area contributed by atoms with Gasteiger partial charge in [0, 0.05) is 6.07 Å². The standard InChI is InChI=1S/C14H16FNO2/c15-10-4-5-12-11(8-10)16-13(17)14(9-18-12)6-2-1-3-7-14/h4-5,8H,1-3,6-7,9H2,(H,16,17). The van der Waals surface area contributed by atoms with Crippen molar-refractivity contribution in [3.8, 4) is 5.75 Å². The number of anilines is 1. The molecule has 0 saturated heterocycles. The third kappa shape index (κ3) is 1.85. The smallest absolute Gasteiger partial charge is 0.234 e. The number of benzene rings is 1. The van der Waals surface area contributed by atoms with Crippen molar-refractivity contribution in [2.75, 3.05) is 11.9 Å². The zero-order valence-corrected chi connectivity index (χ0v) is 10.2. The molecule has 1 aromatic carbocycles. The topological polar surface area (TPSA) is 38.3 Å². The molecule has 1 aliphatic heterocycles. The molecule has 1 aliphatic carbocycles. The minimum atomic E-state index is -0.423. The maximum atomic E-state index is 13.2. The quantitative estimate of drug-likeness (QED) is 0.767. The molecular formula is C14H16FNO2. The van der Waals surface area contributed by atoms with Crippen LogP contribution in [-0.2, 0) is 4.79 Å². The van der Waals surface area contributed by atoms with E-state index in [0.717, 1.165) is 25.7 Å². The largest absolute Gasteiger partial charge is 0.490 e. The van der Waals surface area contributed by atoms with Crippen molar-refractivity contribution in [1.29, 1.82) is 0 Å². The van der Waals surface area contributed by atoms with Crippen LogP contribution >= 0.6 is 0 Å². The van der Waals surface area contributed by atoms with Gasteiger partial charge in [0.2, 0.25) is 5.91 Å². The van der Waals surface area contributed by atoms with Crippen LogP contribution in [0.15, 0.2) is 18.2 Å². The maximum absolute atomic E-state index is 13.2. The lowest BCUT2D eigenvalue weighted by Crippen LogP contribution is -2.41. The van der Waals surface area contributed by atoms with Crippen molar-refractivity contribution >= 4 is 11.6 Å². The summed E-state index contributed by atoms with van der Waals surface area (Å²) in [5.74, 6) is 0.177. The molecule has 2 aliphatic rings. The molecule has 1 heterocycles. The number of hydrogen-bond acceptors (Lipinski definition) is 2. The van der Waals surface area contributed by atoms with Gasteiger partial charge in [-0.3, -0.25) is 4.79 Å². The molecule has 0 bridgehead atoms. The van der Waals surface area contributed by atoms with E-state index in [-0.39, 0.29) is 11.7 Å². The van der Waals surface area contributed by atoms with Crippen molar-refractivity contribution in [3.63, 3.8) is 0 Å². The summed E-state index contributed by atoms with van der Waals surface area (Å²) in [5.41, 5.74) is 0.0238. The van der Waals surface area contributed by atoms with Crippen LogP contribution in [0.1, 0.15) is 32.1 Å². The number of nitrogens with one attached hydrogen (secondary N) is 1. The number of hydrogen-bond donors (Lipinski definition) is 1. The van der Waals surface area contributed by atoms with Crippen LogP contribution in [0, 0.1) is 11.2 Å². The number of amides is 1. The molecule has 3 rings (SSSR count). The predicted octanol–water partition coefficient (Wildman–Crippen LogP) is 3.11. The summed E-state index contributed by atoms with van der Waals surface area (Å²) in [4.78, 5) is 12.4. The molecule has 96 valence electrons. The first-order chi connectivity index (χ1) is 8.70. The zero-order valence-electron chi connectivity index (χ0n) is 10.2. The Morgan fingerprint density at radius 1 is 1.22 bits per heavy atom. The van der Waals surface area contributed by atoms with Crippen LogP contribution in [0.4, 0.5) is 10.1 Å². The van der Waals surface area contributed by atoms with E-state index in [4.69, 9.17) is 4.74 Å². The first-order valence-electron chi connectivity index (χ1n) is 6.43. The van der Waals surface area contributed by atoms with Crippen molar-refractivity contribution in [2.45, 2.75) is 32.1 Å². The zero-order chi connectivity index (χ0) is 12.6. The van der Waals surface area contributed by atoms with Crippen molar-refractivity contribution in [1.82, 2.24) is 0 Å². The summed E-state index contributed by atoms with van der Waals surface area (Å²) in [6, 6.07) is 4.24. The summed E-state index contributed by atoms with van der Waals surface area (Å²) < 4.78 is 18.9. The number of halogens is 1. The lowest BCUT2D eigenvalue weighted by molar-refractivity contribution is -0.128. The van der Waals surface area contributed by atoms with Gasteiger partial charge < -0.3 is 10.1 Å². The summed E-state index contributed by atoms with van der Waals surface area (Å²) in [6.45, 7) is 0.400. The normalized spacial score (nSPS) is 21.7. The first-order valence-corrected chi connectivity index (χ1v) is 6.43. The fourth-order valence-corrected chi connectivity index (χ4v) is 2.86. The Kier molecular flexibility index (Phi) is 2.73. The van der Waals surface area contributed by atoms with E-state index in [1.807, 2.05) is 0 Å². The number of carbonyl (C=O) groups excluding carboxylic acids is 1. The molecule has 1 fully saturated rings. The number of rotatable bonds is 0. The Bertz CT molecular complexity index is 481. The fourth-order valence-electron chi connectivity index (χ4n) is 2.86. The van der Waals surface area contributed by atoms with Crippen LogP contribution in [0.3, 0.4) is 0 Å². The highest BCUT2D eigenvalue weighted by molar-refractivity contribution is 5.97. The highest BCUT2D eigenvalue weighted by atomic mass is 19.1. The van der Waals surface area contributed by atoms with Gasteiger partial charge in [0.25, 0.3) is 0 Å². The predicted molar refractivity (Wildman–Crippen MR) is 66.0 cm³/mol. The second-order valence-electron chi connectivity index (χ2n) is 5.22. The molecule has 1 amide bonds. The van der Waals surface area contributed by atoms with E-state index in [0.29, 0.717) is 18.0 Å². The van der Waals surface area contributed by atoms with Crippen LogP contribution in [-0.4, -0.2) is 12.5 Å². The third-order valence-electron chi connectivity index (χ3n) is 3.99. The summed E-state index contributed by atoms with van der Waals surface area (Å²) in [7, 11) is 0. The van der Waals surface area contributed by atoms with Gasteiger partial charge in [-0.25, -0.2) is 4.39 Å². The number of fused-ring (bicyclic) bond motifs is 1. The minimum Gasteiger partial charge on any atom is -0.490 e. The van der Waals surface area contributed by atoms with Gasteiger partial charge in [0.1, 0.15) is 18.2 Å². The molecule has 0 aromatic heterocycles. The van der Waals surface area contributed by atoms with Crippen molar-refractivity contribution < 1.29 is 13.9 Å². The molecular weight excluding hydrogens is 233 g/mol. The average molecular weight is 249 g/mol. The molecule has 1 saturated carbocycles. The monoisotopic (exact) mass is 249 g/mol. The molecule has 18 heavy (non-hydrogen) atoms. The van der Waals surface area contributed by atoms with Gasteiger partial charge in [0.05, 0.1) is 11.1 Å². The molecule has 0 atom stereocenters. The van der Waals surface area contributed by atoms with Gasteiger partial charge in [-0.15, -0.1) is 0 Å². The molecule has 1 spiro atoms. The Labute approximate surface area is 105 Å². The van der Waals surface area contributed by atoms with Crippen LogP contribution in [0.25, 0.3) is 0 Å². The molecule has 3 nitrogen and oxygen atoms in total. The molecule has 1 N–H and O–H groups in total. The van der Waals surface area contributed by atoms with Crippen molar-refractivity contribution in [2.24, 2.45) is 5.41 Å². The van der Waals surface area contributed by atoms with E-state index in [9.17, 15) is 9.18 Å². The molecule has 0 radical (unpaired) electrons. The van der Waals surface area contributed by atoms with Gasteiger partial charge in [0.15, 0.2) is 0 Å². The van der Waals surface area contributed by atoms with E-state index in [1.165, 1.54) is 18.6 Å². The number of ether oxygens (including phenoxy) is 1. The Balaban J connectivity index is 1.92. The van der Waals surface area contributed by atoms with Crippen LogP contribution in [0.2, 0.25) is 0 Å². The summed E-state index contributed by atoms with van der Waals surface area (Å²) in [5, 5.41) is 2.82. The Morgan fingerprint density at radius 2 is 2.00 bits per heavy atom. The Morgan fingerprint density at radius 3 is 2.78 bits per heavy atom. The lowest BCUT2D eigenvalue weighted by atomic mass is 9.74. The van der Waals surface area contributed by atoms with E-state index in [1.54, 1.807) is 6.07 Å². The second kappa shape index (κ2) is 4.26. The SMILES string of the molecule is O=C1Nc2cc(F)ccc2OCC12CCCCC2. The molecule has 1 aromatic rings. The highest BCUT2D eigenvalue weighted by Crippen LogP contribution is 2.41. The van der Waals surface area contributed by atoms with Crippen LogP contribution < -0.4 is 10.1 Å². The highest BCUT2D eigenvalue weighted by Gasteiger charge is 2.42. The van der Waals surface area contributed by atoms with Gasteiger partial charge in [-0.05, 0) is 25.0 Å². The molecule has 0 unspecified atom stereocenters. The van der Waals surface area contributed by atoms with Gasteiger partial charge in [-0.2, -0.15) is 0 Å². The summed E-state index contributed by atoms with van der Waals surface area (Å²) >= 11 is 0. The van der Waals surface area contributed by atoms with Crippen LogP contribution in [0.5, 0.6) is 5.75 Å². The Hall–Kier alpha value is -1.58. The van der Waals surface area contributed by atoms with Crippen molar-refractivity contribution in [3.05, 3.63) is 24.0 Å². The van der Waals surface area contributed by atoms with E-state index in [2.05, 4.69) is 5.32 Å². The van der Waals surface area contributed by atoms with E-state index < -0.39 is 5.41 Å². The maximum Gasteiger partial charge on any atom is 0.234 e. The fraction of sp³-hybridized carbons (Fsp3) is 0.500. The molecule has 4 heteroatoms. The lowest BCUT2D eigenvalue weighted by Gasteiger charge is -2.33. The minimum absolute atomic E-state index is 0.0217. The van der Waals surface area contributed by atoms with E-state index >= 15 is 0 Å².